The summed E-state index contributed by atoms with van der Waals surface area (Å²) in [6, 6.07) is 2.68. The number of alkyl carbamates (subject to hydrolysis) is 1. The first kappa shape index (κ1) is 57.4. The van der Waals surface area contributed by atoms with Crippen molar-refractivity contribution in [3.63, 3.8) is 0 Å². The van der Waals surface area contributed by atoms with Crippen LogP contribution in [0.15, 0.2) is 35.9 Å². The predicted octanol–water partition coefficient (Wildman–Crippen LogP) is 6.27. The highest BCUT2D eigenvalue weighted by atomic mass is 35.5. The Morgan fingerprint density at radius 3 is 2.33 bits per heavy atom. The summed E-state index contributed by atoms with van der Waals surface area (Å²) in [5.41, 5.74) is 0.195. The number of hydrogen-bond donors (Lipinski definition) is 2. The fourth-order valence-corrected chi connectivity index (χ4v) is 12.5. The molecule has 4 saturated heterocycles. The smallest absolute Gasteiger partial charge is 0.409 e. The summed E-state index contributed by atoms with van der Waals surface area (Å²) in [7, 11) is 3.08. The van der Waals surface area contributed by atoms with Crippen LogP contribution in [0.25, 0.3) is 0 Å². The highest BCUT2D eigenvalue weighted by molar-refractivity contribution is 8.02. The number of carbonyl (C=O) groups excluding carboxylic acids is 9. The Morgan fingerprint density at radius 1 is 1.00 bits per heavy atom. The molecule has 5 heterocycles. The van der Waals surface area contributed by atoms with Gasteiger partial charge in [0, 0.05) is 69.3 Å². The molecule has 0 radical (unpaired) electrons. The number of benzene rings is 1. The Labute approximate surface area is 447 Å². The molecule has 4 bridgehead atoms. The highest BCUT2D eigenvalue weighted by Crippen LogP contribution is 2.49. The average molecular weight is 1080 g/mol. The second-order valence-electron chi connectivity index (χ2n) is 22.3. The second-order valence-corrected chi connectivity index (χ2v) is 24.6. The van der Waals surface area contributed by atoms with Crippen LogP contribution >= 0.6 is 23.4 Å². The number of aryl methyl sites for hydroxylation is 1. The molecule has 0 aromatic heterocycles. The number of nitrogens with zero attached hydrogens (tertiary/aromatic N) is 4. The van der Waals surface area contributed by atoms with Crippen molar-refractivity contribution in [1.82, 2.24) is 20.2 Å². The van der Waals surface area contributed by atoms with E-state index in [1.165, 1.54) is 40.4 Å². The molecule has 75 heavy (non-hydrogen) atoms. The van der Waals surface area contributed by atoms with Crippen LogP contribution in [-0.4, -0.2) is 140 Å². The van der Waals surface area contributed by atoms with Gasteiger partial charge in [0.25, 0.3) is 11.8 Å². The number of halogens is 1. The van der Waals surface area contributed by atoms with Crippen LogP contribution in [0.5, 0.6) is 0 Å². The quantitative estimate of drug-likeness (QED) is 0.133. The number of hydroxylamine groups is 2. The van der Waals surface area contributed by atoms with Crippen molar-refractivity contribution >= 4 is 82.5 Å². The van der Waals surface area contributed by atoms with Gasteiger partial charge in [-0.1, -0.05) is 69.2 Å². The normalized spacial score (nSPS) is 32.2. The van der Waals surface area contributed by atoms with E-state index in [4.69, 9.17) is 30.6 Å². The Kier molecular flexibility index (Phi) is 17.4. The molecule has 1 aliphatic carbocycles. The number of amides is 7. The maximum absolute atomic E-state index is 14.4. The predicted molar refractivity (Wildman–Crippen MR) is 276 cm³/mol. The summed E-state index contributed by atoms with van der Waals surface area (Å²) >= 11 is 8.16. The highest BCUT2D eigenvalue weighted by Gasteiger charge is 2.64. The van der Waals surface area contributed by atoms with Crippen LogP contribution in [-0.2, 0) is 63.8 Å². The number of likely N-dealkylation sites (tertiary alicyclic amines) is 1. The number of nitrogens with one attached hydrogen (secondary N) is 1. The molecule has 6 aliphatic rings. The standard InChI is InChI=1S/C54H72ClN5O14S/c1-29-12-11-13-31(3)54(70)27-38(71-51(69)56-54)32(4)47-53(8,73-47)40(26-44(64)58(10)37-24-35(22-29)23-30(2)46(37)55)72-49(67)33(5)57(9)41(61)20-21-52(6,7)75-39-25-45(65)59(48(39)66)28-34-14-16-36(17-15-34)50(68)74-60-42(62)18-19-43(60)63/h11-13,23-24,31-34,36,38-40,47,70H,14-22,25-28H2,1-10H3,(H,56,69)/b13-11+,29-12+. The van der Waals surface area contributed by atoms with E-state index in [1.807, 2.05) is 65.0 Å². The molecule has 9 atom stereocenters. The summed E-state index contributed by atoms with van der Waals surface area (Å²) in [5.74, 6) is -5.52. The van der Waals surface area contributed by atoms with Gasteiger partial charge < -0.3 is 34.0 Å². The molecule has 5 fully saturated rings. The number of esters is 1. The minimum Gasteiger partial charge on any atom is -0.457 e. The van der Waals surface area contributed by atoms with E-state index in [9.17, 15) is 48.3 Å². The van der Waals surface area contributed by atoms with E-state index in [0.717, 1.165) is 16.7 Å². The number of carbonyl (C=O) groups is 9. The lowest BCUT2D eigenvalue weighted by atomic mass is 9.82. The van der Waals surface area contributed by atoms with E-state index >= 15 is 0 Å². The summed E-state index contributed by atoms with van der Waals surface area (Å²) in [6.45, 7) is 14.7. The van der Waals surface area contributed by atoms with Gasteiger partial charge in [-0.2, -0.15) is 0 Å². The topological polar surface area (TPSA) is 239 Å². The Morgan fingerprint density at radius 2 is 1.67 bits per heavy atom. The van der Waals surface area contributed by atoms with E-state index < -0.39 is 99.2 Å². The first-order valence-electron chi connectivity index (χ1n) is 26.0. The first-order valence-corrected chi connectivity index (χ1v) is 27.2. The van der Waals surface area contributed by atoms with Crippen molar-refractivity contribution in [3.05, 3.63) is 52.1 Å². The molecule has 2 N–H and O–H groups in total. The van der Waals surface area contributed by atoms with Gasteiger partial charge in [-0.15, -0.1) is 16.8 Å². The number of thioether (sulfide) groups is 1. The fraction of sp³-hybridized carbons (Fsp3) is 0.648. The number of likely N-dealkylation sites (N-methyl/N-ethyl adjacent to an activating group) is 1. The molecule has 1 aromatic carbocycles. The van der Waals surface area contributed by atoms with Crippen molar-refractivity contribution in [1.29, 1.82) is 0 Å². The molecule has 19 nitrogen and oxygen atoms in total. The summed E-state index contributed by atoms with van der Waals surface area (Å²) in [5, 5.41) is 14.7. The lowest BCUT2D eigenvalue weighted by molar-refractivity contribution is -0.201. The minimum atomic E-state index is -1.66. The van der Waals surface area contributed by atoms with Crippen molar-refractivity contribution in [2.75, 3.05) is 25.5 Å². The monoisotopic (exact) mass is 1080 g/mol. The van der Waals surface area contributed by atoms with Gasteiger partial charge in [0.2, 0.25) is 23.6 Å². The van der Waals surface area contributed by atoms with Gasteiger partial charge in [0.1, 0.15) is 29.6 Å². The number of fused-ring (bicyclic) bond motifs is 5. The van der Waals surface area contributed by atoms with Gasteiger partial charge in [0.05, 0.1) is 34.4 Å². The van der Waals surface area contributed by atoms with E-state index in [2.05, 4.69) is 5.32 Å². The molecule has 410 valence electrons. The van der Waals surface area contributed by atoms with Gasteiger partial charge in [-0.3, -0.25) is 39.0 Å². The Hall–Kier alpha value is -5.31. The third-order valence-corrected chi connectivity index (χ3v) is 18.1. The molecule has 9 unspecified atom stereocenters. The number of rotatable bonds is 12. The maximum Gasteiger partial charge on any atom is 0.409 e. The van der Waals surface area contributed by atoms with Crippen molar-refractivity contribution in [2.24, 2.45) is 23.7 Å². The number of aliphatic hydroxyl groups is 1. The van der Waals surface area contributed by atoms with Gasteiger partial charge in [-0.25, -0.2) is 14.4 Å². The van der Waals surface area contributed by atoms with Gasteiger partial charge in [0.15, 0.2) is 0 Å². The van der Waals surface area contributed by atoms with Crippen LogP contribution in [0.4, 0.5) is 10.5 Å². The number of allylic oxidation sites excluding steroid dienone is 3. The van der Waals surface area contributed by atoms with Crippen LogP contribution in [0.1, 0.15) is 130 Å². The van der Waals surface area contributed by atoms with E-state index in [-0.39, 0.29) is 68.7 Å². The molecular formula is C54H72ClN5O14S. The van der Waals surface area contributed by atoms with Crippen LogP contribution in [0.2, 0.25) is 5.02 Å². The van der Waals surface area contributed by atoms with Gasteiger partial charge in [-0.05, 0) is 89.3 Å². The summed E-state index contributed by atoms with van der Waals surface area (Å²) in [6.07, 6.45) is 4.57. The second kappa shape index (κ2) is 22.7. The fourth-order valence-electron chi connectivity index (χ4n) is 10.8. The maximum atomic E-state index is 14.4. The molecule has 1 aromatic rings. The SMILES string of the molecule is C/C1=C\C=C\C(C)C2(O)CC(OC(=O)N2)C(C)C2OC2(C)C(OC(=O)C(C)N(C)C(=O)CCC(C)(C)SC2CC(=O)N(CC3CCC(C(=O)ON4C(=O)CCC4=O)CC3)C2=O)CC(=O)N(C)c2cc(cc(C)c2Cl)C1. The van der Waals surface area contributed by atoms with Crippen LogP contribution in [0.3, 0.4) is 0 Å². The molecule has 0 spiro atoms. The lowest BCUT2D eigenvalue weighted by Gasteiger charge is -2.41. The van der Waals surface area contributed by atoms with Crippen LogP contribution in [0, 0.1) is 30.6 Å². The zero-order chi connectivity index (χ0) is 55.1. The number of anilines is 1. The largest absolute Gasteiger partial charge is 0.457 e. The average Bonchev–Trinajstić information content (AvgIpc) is 3.87. The third kappa shape index (κ3) is 12.9. The Balaban J connectivity index is 0.974. The first-order chi connectivity index (χ1) is 35.1. The number of ether oxygens (including phenoxy) is 3. The minimum absolute atomic E-state index is 0.00331. The van der Waals surface area contributed by atoms with E-state index in [0.29, 0.717) is 54.3 Å². The van der Waals surface area contributed by atoms with E-state index in [1.54, 1.807) is 20.9 Å². The van der Waals surface area contributed by atoms with Gasteiger partial charge >= 0.3 is 18.0 Å². The molecular weight excluding hydrogens is 1010 g/mol. The molecule has 7 amide bonds. The third-order valence-electron chi connectivity index (χ3n) is 16.1. The van der Waals surface area contributed by atoms with Crippen LogP contribution < -0.4 is 10.2 Å². The summed E-state index contributed by atoms with van der Waals surface area (Å²) < 4.78 is 17.6. The molecule has 1 saturated carbocycles. The lowest BCUT2D eigenvalue weighted by Crippen LogP contribution is -2.60. The number of epoxide rings is 1. The number of imide groups is 2. The summed E-state index contributed by atoms with van der Waals surface area (Å²) in [4.78, 5) is 128. The Bertz CT molecular complexity index is 2530. The number of hydrogen-bond acceptors (Lipinski definition) is 15. The van der Waals surface area contributed by atoms with Crippen molar-refractivity contribution in [3.8, 4) is 0 Å². The molecule has 7 rings (SSSR count). The van der Waals surface area contributed by atoms with Crippen molar-refractivity contribution < 1.29 is 67.3 Å². The van der Waals surface area contributed by atoms with Crippen molar-refractivity contribution in [2.45, 2.75) is 178 Å². The zero-order valence-corrected chi connectivity index (χ0v) is 46.2. The molecule has 5 aliphatic heterocycles. The zero-order valence-electron chi connectivity index (χ0n) is 44.6. The molecule has 21 heteroatoms.